The van der Waals surface area contributed by atoms with E-state index < -0.39 is 0 Å². The second-order valence-corrected chi connectivity index (χ2v) is 4.77. The molecule has 4 nitrogen and oxygen atoms in total. The van der Waals surface area contributed by atoms with E-state index in [0.717, 1.165) is 23.4 Å². The summed E-state index contributed by atoms with van der Waals surface area (Å²) in [5.41, 5.74) is 3.23. The van der Waals surface area contributed by atoms with Gasteiger partial charge in [0.2, 0.25) is 5.91 Å². The molecule has 0 aliphatic carbocycles. The van der Waals surface area contributed by atoms with Crippen molar-refractivity contribution in [2.24, 2.45) is 0 Å². The van der Waals surface area contributed by atoms with Crippen LogP contribution in [0.3, 0.4) is 0 Å². The average Bonchev–Trinajstić information content (AvgIpc) is 2.41. The summed E-state index contributed by atoms with van der Waals surface area (Å²) in [4.78, 5) is 14.1. The van der Waals surface area contributed by atoms with Crippen LogP contribution in [0.4, 0.5) is 5.69 Å². The monoisotopic (exact) mass is 248 g/mol. The van der Waals surface area contributed by atoms with Crippen molar-refractivity contribution in [1.29, 1.82) is 0 Å². The van der Waals surface area contributed by atoms with Gasteiger partial charge < -0.3 is 15.0 Å². The number of carbonyl (C=O) groups excluding carboxylic acids is 1. The van der Waals surface area contributed by atoms with Gasteiger partial charge in [0, 0.05) is 19.3 Å². The van der Waals surface area contributed by atoms with Crippen molar-refractivity contribution in [3.63, 3.8) is 0 Å². The molecule has 0 aromatic heterocycles. The number of morpholine rings is 1. The van der Waals surface area contributed by atoms with E-state index in [1.807, 2.05) is 33.0 Å². The third-order valence-corrected chi connectivity index (χ3v) is 3.28. The van der Waals surface area contributed by atoms with Crippen LogP contribution in [0.25, 0.3) is 0 Å². The van der Waals surface area contributed by atoms with E-state index in [1.165, 1.54) is 0 Å². The highest BCUT2D eigenvalue weighted by molar-refractivity contribution is 5.97. The van der Waals surface area contributed by atoms with Crippen LogP contribution in [-0.4, -0.2) is 38.8 Å². The van der Waals surface area contributed by atoms with Gasteiger partial charge in [-0.05, 0) is 31.0 Å². The summed E-state index contributed by atoms with van der Waals surface area (Å²) in [6, 6.07) is 5.90. The molecule has 0 bridgehead atoms. The molecule has 1 aromatic rings. The fraction of sp³-hybridized carbons (Fsp3) is 0.500. The summed E-state index contributed by atoms with van der Waals surface area (Å²) in [6.07, 6.45) is 0. The molecule has 2 rings (SSSR count). The second-order valence-electron chi connectivity index (χ2n) is 4.77. The number of carbonyl (C=O) groups is 1. The van der Waals surface area contributed by atoms with E-state index in [-0.39, 0.29) is 11.9 Å². The van der Waals surface area contributed by atoms with E-state index >= 15 is 0 Å². The first kappa shape index (κ1) is 13.1. The van der Waals surface area contributed by atoms with Crippen LogP contribution in [-0.2, 0) is 9.53 Å². The van der Waals surface area contributed by atoms with Gasteiger partial charge in [-0.1, -0.05) is 12.1 Å². The maximum absolute atomic E-state index is 12.3. The van der Waals surface area contributed by atoms with E-state index in [9.17, 15) is 4.79 Å². The van der Waals surface area contributed by atoms with E-state index in [0.29, 0.717) is 13.2 Å². The Labute approximate surface area is 108 Å². The molecule has 0 radical (unpaired) electrons. The molecule has 0 spiro atoms. The van der Waals surface area contributed by atoms with E-state index in [1.54, 1.807) is 4.90 Å². The number of nitrogens with zero attached hydrogens (tertiary/aromatic N) is 1. The van der Waals surface area contributed by atoms with E-state index in [2.05, 4.69) is 11.4 Å². The Morgan fingerprint density at radius 2 is 2.22 bits per heavy atom. The molecule has 1 heterocycles. The molecule has 1 aliphatic rings. The lowest BCUT2D eigenvalue weighted by molar-refractivity contribution is -0.123. The molecule has 1 atom stereocenters. The third kappa shape index (κ3) is 2.71. The van der Waals surface area contributed by atoms with Crippen LogP contribution >= 0.6 is 0 Å². The molecule has 1 aliphatic heterocycles. The zero-order valence-electron chi connectivity index (χ0n) is 11.2. The van der Waals surface area contributed by atoms with Gasteiger partial charge in [-0.15, -0.1) is 0 Å². The largest absolute Gasteiger partial charge is 0.378 e. The highest BCUT2D eigenvalue weighted by Gasteiger charge is 2.25. The molecule has 1 fully saturated rings. The minimum atomic E-state index is -0.233. The minimum Gasteiger partial charge on any atom is -0.378 e. The predicted octanol–water partition coefficient (Wildman–Crippen LogP) is 1.25. The topological polar surface area (TPSA) is 41.6 Å². The van der Waals surface area contributed by atoms with Crippen molar-refractivity contribution in [3.8, 4) is 0 Å². The number of aryl methyl sites for hydroxylation is 2. The van der Waals surface area contributed by atoms with E-state index in [4.69, 9.17) is 4.74 Å². The first-order chi connectivity index (χ1) is 8.59. The quantitative estimate of drug-likeness (QED) is 0.856. The normalized spacial score (nSPS) is 19.6. The van der Waals surface area contributed by atoms with Crippen LogP contribution in [0.1, 0.15) is 11.1 Å². The summed E-state index contributed by atoms with van der Waals surface area (Å²) in [5.74, 6) is 0.0587. The van der Waals surface area contributed by atoms with Gasteiger partial charge in [0.15, 0.2) is 0 Å². The van der Waals surface area contributed by atoms with Gasteiger partial charge in [0.25, 0.3) is 0 Å². The molecule has 18 heavy (non-hydrogen) atoms. The zero-order chi connectivity index (χ0) is 13.1. The van der Waals surface area contributed by atoms with Crippen LogP contribution in [0, 0.1) is 13.8 Å². The lowest BCUT2D eigenvalue weighted by atomic mass is 10.1. The summed E-state index contributed by atoms with van der Waals surface area (Å²) in [7, 11) is 1.82. The Hall–Kier alpha value is -1.39. The maximum Gasteiger partial charge on any atom is 0.246 e. The molecule has 0 saturated carbocycles. The van der Waals surface area contributed by atoms with Gasteiger partial charge >= 0.3 is 0 Å². The second kappa shape index (κ2) is 5.50. The van der Waals surface area contributed by atoms with Crippen molar-refractivity contribution >= 4 is 11.6 Å². The summed E-state index contributed by atoms with van der Waals surface area (Å²) >= 11 is 0. The molecular weight excluding hydrogens is 228 g/mol. The standard InChI is InChI=1S/C14H20N2O2/c1-10-4-5-11(2)13(8-10)16(3)14(17)12-9-18-7-6-15-12/h4-5,8,12,15H,6-7,9H2,1-3H3. The number of rotatable bonds is 2. The summed E-state index contributed by atoms with van der Waals surface area (Å²) < 4.78 is 5.33. The van der Waals surface area contributed by atoms with Crippen LogP contribution in [0.5, 0.6) is 0 Å². The first-order valence-electron chi connectivity index (χ1n) is 6.25. The Morgan fingerprint density at radius 3 is 2.89 bits per heavy atom. The number of nitrogens with one attached hydrogen (secondary N) is 1. The highest BCUT2D eigenvalue weighted by atomic mass is 16.5. The Balaban J connectivity index is 2.16. The Kier molecular flexibility index (Phi) is 3.99. The number of hydrogen-bond donors (Lipinski definition) is 1. The van der Waals surface area contributed by atoms with Gasteiger partial charge in [-0.2, -0.15) is 0 Å². The average molecular weight is 248 g/mol. The van der Waals surface area contributed by atoms with Gasteiger partial charge in [-0.3, -0.25) is 4.79 Å². The number of amides is 1. The third-order valence-electron chi connectivity index (χ3n) is 3.28. The predicted molar refractivity (Wildman–Crippen MR) is 71.9 cm³/mol. The van der Waals surface area contributed by atoms with Crippen molar-refractivity contribution in [2.45, 2.75) is 19.9 Å². The maximum atomic E-state index is 12.3. The van der Waals surface area contributed by atoms with Gasteiger partial charge in [0.1, 0.15) is 6.04 Å². The highest BCUT2D eigenvalue weighted by Crippen LogP contribution is 2.21. The number of hydrogen-bond acceptors (Lipinski definition) is 3. The van der Waals surface area contributed by atoms with Crippen molar-refractivity contribution in [2.75, 3.05) is 31.7 Å². The summed E-state index contributed by atoms with van der Waals surface area (Å²) in [5, 5.41) is 3.19. The Morgan fingerprint density at radius 1 is 1.44 bits per heavy atom. The minimum absolute atomic E-state index is 0.0587. The molecule has 1 amide bonds. The van der Waals surface area contributed by atoms with Crippen LogP contribution in [0.2, 0.25) is 0 Å². The molecule has 1 unspecified atom stereocenters. The molecule has 1 saturated heterocycles. The lowest BCUT2D eigenvalue weighted by Gasteiger charge is -2.28. The van der Waals surface area contributed by atoms with Crippen molar-refractivity contribution in [3.05, 3.63) is 29.3 Å². The SMILES string of the molecule is Cc1ccc(C)c(N(C)C(=O)C2COCCN2)c1. The molecule has 1 aromatic carbocycles. The smallest absolute Gasteiger partial charge is 0.246 e. The molecule has 1 N–H and O–H groups in total. The zero-order valence-corrected chi connectivity index (χ0v) is 11.2. The van der Waals surface area contributed by atoms with Crippen LogP contribution < -0.4 is 10.2 Å². The van der Waals surface area contributed by atoms with Gasteiger partial charge in [-0.25, -0.2) is 0 Å². The molecule has 4 heteroatoms. The fourth-order valence-corrected chi connectivity index (χ4v) is 2.16. The number of likely N-dealkylation sites (N-methyl/N-ethyl adjacent to an activating group) is 1. The lowest BCUT2D eigenvalue weighted by Crippen LogP contribution is -2.51. The first-order valence-corrected chi connectivity index (χ1v) is 6.25. The molecule has 98 valence electrons. The van der Waals surface area contributed by atoms with Crippen LogP contribution in [0.15, 0.2) is 18.2 Å². The number of benzene rings is 1. The number of ether oxygens (including phenoxy) is 1. The fourth-order valence-electron chi connectivity index (χ4n) is 2.16. The Bertz CT molecular complexity index is 439. The number of anilines is 1. The molecular formula is C14H20N2O2. The summed E-state index contributed by atoms with van der Waals surface area (Å²) in [6.45, 7) is 5.91. The van der Waals surface area contributed by atoms with Gasteiger partial charge in [0.05, 0.1) is 13.2 Å². The van der Waals surface area contributed by atoms with Crippen molar-refractivity contribution < 1.29 is 9.53 Å². The van der Waals surface area contributed by atoms with Crippen molar-refractivity contribution in [1.82, 2.24) is 5.32 Å².